The Morgan fingerprint density at radius 2 is 2.13 bits per heavy atom. The molecule has 2 unspecified atom stereocenters. The minimum absolute atomic E-state index is 0.00998. The van der Waals surface area contributed by atoms with E-state index in [0.29, 0.717) is 6.04 Å². The van der Waals surface area contributed by atoms with Crippen LogP contribution in [0.1, 0.15) is 26.7 Å². The van der Waals surface area contributed by atoms with E-state index in [1.165, 1.54) is 25.9 Å². The molecule has 1 amide bonds. The number of likely N-dealkylation sites (tertiary alicyclic amines) is 1. The molecular weight excluding hydrogens is 190 g/mol. The molecule has 0 bridgehead atoms. The van der Waals surface area contributed by atoms with E-state index in [0.717, 1.165) is 13.2 Å². The second kappa shape index (κ2) is 4.49. The Hall–Kier alpha value is -0.610. The smallest absolute Gasteiger partial charge is 0.240 e. The first-order valence-electron chi connectivity index (χ1n) is 5.94. The van der Waals surface area contributed by atoms with Gasteiger partial charge in [0.1, 0.15) is 0 Å². The van der Waals surface area contributed by atoms with Gasteiger partial charge >= 0.3 is 0 Å². The maximum Gasteiger partial charge on any atom is 0.240 e. The second-order valence-electron chi connectivity index (χ2n) is 4.74. The van der Waals surface area contributed by atoms with Gasteiger partial charge in [0.25, 0.3) is 0 Å². The summed E-state index contributed by atoms with van der Waals surface area (Å²) in [6.45, 7) is 8.15. The normalized spacial score (nSPS) is 30.1. The van der Waals surface area contributed by atoms with Crippen molar-refractivity contribution in [1.82, 2.24) is 15.1 Å². The van der Waals surface area contributed by atoms with Crippen LogP contribution in [0, 0.1) is 0 Å². The number of carbonyl (C=O) groups excluding carboxylic acids is 1. The van der Waals surface area contributed by atoms with Crippen LogP contribution in [0.25, 0.3) is 0 Å². The largest absolute Gasteiger partial charge is 0.327 e. The van der Waals surface area contributed by atoms with Crippen LogP contribution in [-0.4, -0.2) is 54.1 Å². The third-order valence-corrected chi connectivity index (χ3v) is 3.52. The quantitative estimate of drug-likeness (QED) is 0.727. The third-order valence-electron chi connectivity index (χ3n) is 3.52. The summed E-state index contributed by atoms with van der Waals surface area (Å²) < 4.78 is 0. The van der Waals surface area contributed by atoms with Crippen molar-refractivity contribution in [3.8, 4) is 0 Å². The third kappa shape index (κ3) is 2.32. The topological polar surface area (TPSA) is 35.6 Å². The molecule has 4 heteroatoms. The van der Waals surface area contributed by atoms with Crippen molar-refractivity contribution in [2.45, 2.75) is 38.8 Å². The number of rotatable bonds is 3. The standard InChI is InChI=1S/C11H21N3O/c1-9(13-5-3-4-6-13)7-14-8-12-10(2)11(14)15/h9-10,12H,3-8H2,1-2H3. The van der Waals surface area contributed by atoms with Gasteiger partial charge in [0, 0.05) is 12.6 Å². The molecule has 0 saturated carbocycles. The lowest BCUT2D eigenvalue weighted by Crippen LogP contribution is -2.42. The van der Waals surface area contributed by atoms with Gasteiger partial charge in [-0.2, -0.15) is 0 Å². The van der Waals surface area contributed by atoms with Crippen LogP contribution in [0.4, 0.5) is 0 Å². The van der Waals surface area contributed by atoms with Crippen LogP contribution in [-0.2, 0) is 4.79 Å². The minimum Gasteiger partial charge on any atom is -0.327 e. The van der Waals surface area contributed by atoms with E-state index in [2.05, 4.69) is 17.1 Å². The lowest BCUT2D eigenvalue weighted by molar-refractivity contribution is -0.129. The van der Waals surface area contributed by atoms with Crippen LogP contribution in [0.3, 0.4) is 0 Å². The Morgan fingerprint density at radius 3 is 2.67 bits per heavy atom. The fourth-order valence-corrected chi connectivity index (χ4v) is 2.46. The average Bonchev–Trinajstić information content (AvgIpc) is 2.83. The van der Waals surface area contributed by atoms with Gasteiger partial charge < -0.3 is 4.90 Å². The molecule has 2 aliphatic rings. The Bertz CT molecular complexity index is 238. The summed E-state index contributed by atoms with van der Waals surface area (Å²) >= 11 is 0. The van der Waals surface area contributed by atoms with E-state index < -0.39 is 0 Å². The monoisotopic (exact) mass is 211 g/mol. The first-order chi connectivity index (χ1) is 7.18. The van der Waals surface area contributed by atoms with Gasteiger partial charge in [-0.25, -0.2) is 0 Å². The Balaban J connectivity index is 1.83. The lowest BCUT2D eigenvalue weighted by Gasteiger charge is -2.27. The molecule has 0 aromatic carbocycles. The zero-order chi connectivity index (χ0) is 10.8. The first kappa shape index (κ1) is 10.9. The van der Waals surface area contributed by atoms with E-state index >= 15 is 0 Å². The summed E-state index contributed by atoms with van der Waals surface area (Å²) in [7, 11) is 0. The zero-order valence-electron chi connectivity index (χ0n) is 9.70. The van der Waals surface area contributed by atoms with E-state index in [-0.39, 0.29) is 11.9 Å². The highest BCUT2D eigenvalue weighted by atomic mass is 16.2. The molecule has 0 radical (unpaired) electrons. The molecule has 2 saturated heterocycles. The SMILES string of the molecule is CC1NCN(CC(C)N2CCCC2)C1=O. The Labute approximate surface area is 91.6 Å². The number of nitrogens with zero attached hydrogens (tertiary/aromatic N) is 2. The van der Waals surface area contributed by atoms with Crippen molar-refractivity contribution >= 4 is 5.91 Å². The van der Waals surface area contributed by atoms with E-state index in [1.54, 1.807) is 0 Å². The fraction of sp³-hybridized carbons (Fsp3) is 0.909. The molecule has 2 fully saturated rings. The summed E-state index contributed by atoms with van der Waals surface area (Å²) in [5.41, 5.74) is 0. The van der Waals surface area contributed by atoms with Gasteiger partial charge in [-0.3, -0.25) is 15.0 Å². The molecular formula is C11H21N3O. The Morgan fingerprint density at radius 1 is 1.47 bits per heavy atom. The number of carbonyl (C=O) groups is 1. The van der Waals surface area contributed by atoms with Gasteiger partial charge in [0.05, 0.1) is 12.7 Å². The van der Waals surface area contributed by atoms with Crippen molar-refractivity contribution in [2.75, 3.05) is 26.3 Å². The number of hydrogen-bond acceptors (Lipinski definition) is 3. The molecule has 0 aromatic heterocycles. The minimum atomic E-state index is 0.00998. The maximum absolute atomic E-state index is 11.7. The highest BCUT2D eigenvalue weighted by molar-refractivity contribution is 5.83. The van der Waals surface area contributed by atoms with Crippen LogP contribution >= 0.6 is 0 Å². The second-order valence-corrected chi connectivity index (χ2v) is 4.74. The fourth-order valence-electron chi connectivity index (χ4n) is 2.46. The molecule has 0 aromatic rings. The molecule has 2 atom stereocenters. The van der Waals surface area contributed by atoms with Gasteiger partial charge in [-0.05, 0) is 39.8 Å². The zero-order valence-corrected chi connectivity index (χ0v) is 9.70. The van der Waals surface area contributed by atoms with Crippen molar-refractivity contribution in [3.05, 3.63) is 0 Å². The highest BCUT2D eigenvalue weighted by Gasteiger charge is 2.29. The van der Waals surface area contributed by atoms with Crippen molar-refractivity contribution in [2.24, 2.45) is 0 Å². The molecule has 0 spiro atoms. The van der Waals surface area contributed by atoms with Crippen molar-refractivity contribution in [1.29, 1.82) is 0 Å². The molecule has 2 rings (SSSR count). The van der Waals surface area contributed by atoms with E-state index in [9.17, 15) is 4.79 Å². The molecule has 2 heterocycles. The molecule has 1 N–H and O–H groups in total. The highest BCUT2D eigenvalue weighted by Crippen LogP contribution is 2.13. The average molecular weight is 211 g/mol. The molecule has 2 aliphatic heterocycles. The summed E-state index contributed by atoms with van der Waals surface area (Å²) in [4.78, 5) is 16.1. The predicted octanol–water partition coefficient (Wildman–Crippen LogP) is 0.248. The van der Waals surface area contributed by atoms with Gasteiger partial charge in [0.15, 0.2) is 0 Å². The van der Waals surface area contributed by atoms with Crippen LogP contribution < -0.4 is 5.32 Å². The number of nitrogens with one attached hydrogen (secondary N) is 1. The summed E-state index contributed by atoms with van der Waals surface area (Å²) in [5.74, 6) is 0.251. The van der Waals surface area contributed by atoms with E-state index in [1.807, 2.05) is 11.8 Å². The molecule has 15 heavy (non-hydrogen) atoms. The molecule has 86 valence electrons. The maximum atomic E-state index is 11.7. The predicted molar refractivity (Wildman–Crippen MR) is 59.4 cm³/mol. The van der Waals surface area contributed by atoms with Gasteiger partial charge in [0.2, 0.25) is 5.91 Å². The van der Waals surface area contributed by atoms with Crippen LogP contribution in [0.5, 0.6) is 0 Å². The summed E-state index contributed by atoms with van der Waals surface area (Å²) in [5, 5.41) is 3.17. The lowest BCUT2D eigenvalue weighted by atomic mass is 10.2. The van der Waals surface area contributed by atoms with Gasteiger partial charge in [-0.1, -0.05) is 0 Å². The van der Waals surface area contributed by atoms with E-state index in [4.69, 9.17) is 0 Å². The molecule has 0 aliphatic carbocycles. The summed E-state index contributed by atoms with van der Waals surface area (Å²) in [6, 6.07) is 0.513. The summed E-state index contributed by atoms with van der Waals surface area (Å²) in [6.07, 6.45) is 2.62. The van der Waals surface area contributed by atoms with Crippen molar-refractivity contribution < 1.29 is 4.79 Å². The first-order valence-corrected chi connectivity index (χ1v) is 5.94. The number of hydrogen-bond donors (Lipinski definition) is 1. The molecule has 4 nitrogen and oxygen atoms in total. The Kier molecular flexibility index (Phi) is 3.26. The van der Waals surface area contributed by atoms with Crippen molar-refractivity contribution in [3.63, 3.8) is 0 Å². The van der Waals surface area contributed by atoms with Gasteiger partial charge in [-0.15, -0.1) is 0 Å². The van der Waals surface area contributed by atoms with Crippen LogP contribution in [0.15, 0.2) is 0 Å². The number of amides is 1. The van der Waals surface area contributed by atoms with Crippen LogP contribution in [0.2, 0.25) is 0 Å².